The summed E-state index contributed by atoms with van der Waals surface area (Å²) in [5.74, 6) is 0.410. The summed E-state index contributed by atoms with van der Waals surface area (Å²) in [6.45, 7) is 0. The molecular formula is C17H15NO4S. The molecule has 3 rings (SSSR count). The number of benzene rings is 2. The van der Waals surface area contributed by atoms with E-state index in [1.54, 1.807) is 55.6 Å². The lowest BCUT2D eigenvalue weighted by Crippen LogP contribution is -2.18. The summed E-state index contributed by atoms with van der Waals surface area (Å²) in [5, 5.41) is 0.681. The van der Waals surface area contributed by atoms with E-state index in [0.29, 0.717) is 22.2 Å². The van der Waals surface area contributed by atoms with Crippen LogP contribution in [0, 0.1) is 0 Å². The van der Waals surface area contributed by atoms with Gasteiger partial charge in [-0.2, -0.15) is 0 Å². The van der Waals surface area contributed by atoms with E-state index in [1.807, 2.05) is 0 Å². The zero-order chi connectivity index (χ0) is 16.4. The van der Waals surface area contributed by atoms with Crippen LogP contribution in [-0.4, -0.2) is 20.5 Å². The topological polar surface area (TPSA) is 76.2 Å². The lowest BCUT2D eigenvalue weighted by Gasteiger charge is -2.06. The minimum absolute atomic E-state index is 0.216. The summed E-state index contributed by atoms with van der Waals surface area (Å²) >= 11 is 0. The summed E-state index contributed by atoms with van der Waals surface area (Å²) in [5.41, 5.74) is 0.608. The van der Waals surface area contributed by atoms with Crippen molar-refractivity contribution in [3.05, 3.63) is 70.5 Å². The minimum Gasteiger partial charge on any atom is -0.497 e. The first-order chi connectivity index (χ1) is 11.0. The molecule has 0 amide bonds. The Bertz CT molecular complexity index is 1000. The number of aromatic nitrogens is 1. The molecule has 0 bridgehead atoms. The van der Waals surface area contributed by atoms with Gasteiger partial charge in [0.25, 0.3) is 5.56 Å². The lowest BCUT2D eigenvalue weighted by molar-refractivity contribution is 0.414. The fraction of sp³-hybridized carbons (Fsp3) is 0.118. The molecule has 118 valence electrons. The van der Waals surface area contributed by atoms with Crippen LogP contribution in [0.1, 0.15) is 5.56 Å². The van der Waals surface area contributed by atoms with Crippen molar-refractivity contribution < 1.29 is 13.2 Å². The van der Waals surface area contributed by atoms with Gasteiger partial charge in [0.15, 0.2) is 9.84 Å². The second-order valence-corrected chi connectivity index (χ2v) is 7.12. The number of sulfone groups is 1. The molecule has 6 heteroatoms. The maximum Gasteiger partial charge on any atom is 0.267 e. The third-order valence-electron chi connectivity index (χ3n) is 3.57. The maximum absolute atomic E-state index is 12.6. The number of hydrogen-bond donors (Lipinski definition) is 1. The Hall–Kier alpha value is -2.60. The van der Waals surface area contributed by atoms with E-state index in [0.717, 1.165) is 0 Å². The van der Waals surface area contributed by atoms with Gasteiger partial charge in [0, 0.05) is 5.52 Å². The Morgan fingerprint density at radius 3 is 2.43 bits per heavy atom. The average Bonchev–Trinajstić information content (AvgIpc) is 2.54. The number of pyridine rings is 1. The third-order valence-corrected chi connectivity index (χ3v) is 5.26. The molecule has 0 saturated heterocycles. The van der Waals surface area contributed by atoms with Crippen LogP contribution >= 0.6 is 0 Å². The molecule has 0 saturated carbocycles. The molecule has 2 aromatic carbocycles. The molecule has 0 spiro atoms. The molecule has 0 aliphatic heterocycles. The monoisotopic (exact) mass is 329 g/mol. The first-order valence-electron chi connectivity index (χ1n) is 6.97. The van der Waals surface area contributed by atoms with Crippen LogP contribution in [-0.2, 0) is 15.6 Å². The van der Waals surface area contributed by atoms with Crippen molar-refractivity contribution in [1.82, 2.24) is 4.98 Å². The van der Waals surface area contributed by atoms with Gasteiger partial charge >= 0.3 is 0 Å². The van der Waals surface area contributed by atoms with Crippen LogP contribution < -0.4 is 10.3 Å². The van der Waals surface area contributed by atoms with E-state index in [-0.39, 0.29) is 10.6 Å². The molecule has 3 aromatic rings. The molecule has 0 fully saturated rings. The second kappa shape index (κ2) is 5.89. The molecule has 0 unspecified atom stereocenters. The number of para-hydroxylation sites is 1. The minimum atomic E-state index is -3.74. The van der Waals surface area contributed by atoms with Gasteiger partial charge in [-0.15, -0.1) is 0 Å². The Morgan fingerprint density at radius 2 is 1.74 bits per heavy atom. The molecule has 0 aliphatic rings. The van der Waals surface area contributed by atoms with Crippen molar-refractivity contribution >= 4 is 20.7 Å². The second-order valence-electron chi connectivity index (χ2n) is 5.16. The van der Waals surface area contributed by atoms with Crippen LogP contribution in [0.25, 0.3) is 10.9 Å². The number of aromatic amines is 1. The maximum atomic E-state index is 12.6. The Kier molecular flexibility index (Phi) is 3.92. The van der Waals surface area contributed by atoms with Crippen molar-refractivity contribution in [2.45, 2.75) is 10.6 Å². The molecule has 1 N–H and O–H groups in total. The highest BCUT2D eigenvalue weighted by Gasteiger charge is 2.20. The first-order valence-corrected chi connectivity index (χ1v) is 8.62. The van der Waals surface area contributed by atoms with Gasteiger partial charge in [-0.3, -0.25) is 4.79 Å². The predicted molar refractivity (Wildman–Crippen MR) is 88.5 cm³/mol. The third kappa shape index (κ3) is 3.12. The number of fused-ring (bicyclic) bond motifs is 1. The van der Waals surface area contributed by atoms with Crippen molar-refractivity contribution in [2.75, 3.05) is 7.11 Å². The normalized spacial score (nSPS) is 11.5. The zero-order valence-corrected chi connectivity index (χ0v) is 13.3. The summed E-state index contributed by atoms with van der Waals surface area (Å²) in [4.78, 5) is 14.5. The molecule has 1 aromatic heterocycles. The Labute approximate surface area is 133 Å². The molecule has 5 nitrogen and oxygen atoms in total. The van der Waals surface area contributed by atoms with Crippen molar-refractivity contribution in [3.63, 3.8) is 0 Å². The molecule has 23 heavy (non-hydrogen) atoms. The van der Waals surface area contributed by atoms with Gasteiger partial charge in [0.05, 0.1) is 12.9 Å². The van der Waals surface area contributed by atoms with Crippen molar-refractivity contribution in [3.8, 4) is 5.75 Å². The van der Waals surface area contributed by atoms with Gasteiger partial charge in [-0.1, -0.05) is 30.3 Å². The zero-order valence-electron chi connectivity index (χ0n) is 12.4. The summed E-state index contributed by atoms with van der Waals surface area (Å²) in [7, 11) is -2.20. The predicted octanol–water partition coefficient (Wildman–Crippen LogP) is 2.51. The smallest absolute Gasteiger partial charge is 0.267 e. The molecular weight excluding hydrogens is 314 g/mol. The lowest BCUT2D eigenvalue weighted by atomic mass is 10.2. The fourth-order valence-electron chi connectivity index (χ4n) is 2.38. The Morgan fingerprint density at radius 1 is 1.04 bits per heavy atom. The van der Waals surface area contributed by atoms with Crippen molar-refractivity contribution in [2.24, 2.45) is 0 Å². The van der Waals surface area contributed by atoms with Gasteiger partial charge in [-0.25, -0.2) is 8.42 Å². The van der Waals surface area contributed by atoms with E-state index < -0.39 is 15.4 Å². The number of H-pyrrole nitrogens is 1. The summed E-state index contributed by atoms with van der Waals surface area (Å²) < 4.78 is 30.2. The quantitative estimate of drug-likeness (QED) is 0.798. The highest BCUT2D eigenvalue weighted by molar-refractivity contribution is 7.90. The number of ether oxygens (including phenoxy) is 1. The van der Waals surface area contributed by atoms with E-state index >= 15 is 0 Å². The van der Waals surface area contributed by atoms with Crippen LogP contribution in [0.15, 0.2) is 64.3 Å². The highest BCUT2D eigenvalue weighted by atomic mass is 32.2. The van der Waals surface area contributed by atoms with Crippen molar-refractivity contribution in [1.29, 1.82) is 0 Å². The van der Waals surface area contributed by atoms with Gasteiger partial charge in [0.2, 0.25) is 0 Å². The largest absolute Gasteiger partial charge is 0.497 e. The molecule has 0 radical (unpaired) electrons. The van der Waals surface area contributed by atoms with Gasteiger partial charge < -0.3 is 9.72 Å². The number of rotatable bonds is 4. The van der Waals surface area contributed by atoms with Gasteiger partial charge in [-0.05, 0) is 35.2 Å². The molecule has 0 atom stereocenters. The first kappa shape index (κ1) is 15.3. The van der Waals surface area contributed by atoms with Crippen LogP contribution in [0.4, 0.5) is 0 Å². The summed E-state index contributed by atoms with van der Waals surface area (Å²) in [6, 6.07) is 15.2. The molecule has 0 aliphatic carbocycles. The van der Waals surface area contributed by atoms with E-state index in [9.17, 15) is 13.2 Å². The average molecular weight is 329 g/mol. The number of hydrogen-bond acceptors (Lipinski definition) is 4. The standard InChI is InChI=1S/C17H15NO4S/c1-22-14-8-6-12(7-9-14)11-23(20,21)16-10-13-4-2-3-5-15(13)18-17(16)19/h2-10H,11H2,1H3,(H,18,19). The van der Waals surface area contributed by atoms with E-state index in [1.165, 1.54) is 6.07 Å². The molecule has 1 heterocycles. The van der Waals surface area contributed by atoms with Crippen LogP contribution in [0.3, 0.4) is 0 Å². The Balaban J connectivity index is 2.01. The van der Waals surface area contributed by atoms with E-state index in [2.05, 4.69) is 4.98 Å². The number of nitrogens with one attached hydrogen (secondary N) is 1. The van der Waals surface area contributed by atoms with Crippen LogP contribution in [0.5, 0.6) is 5.75 Å². The highest BCUT2D eigenvalue weighted by Crippen LogP contribution is 2.19. The fourth-order valence-corrected chi connectivity index (χ4v) is 3.80. The van der Waals surface area contributed by atoms with Crippen LogP contribution in [0.2, 0.25) is 0 Å². The van der Waals surface area contributed by atoms with E-state index in [4.69, 9.17) is 4.74 Å². The SMILES string of the molecule is COc1ccc(CS(=O)(=O)c2cc3ccccc3[nH]c2=O)cc1. The van der Waals surface area contributed by atoms with Gasteiger partial charge in [0.1, 0.15) is 10.6 Å². The summed E-state index contributed by atoms with van der Waals surface area (Å²) in [6.07, 6.45) is 0. The number of methoxy groups -OCH3 is 1.